The number of amides is 2. The Morgan fingerprint density at radius 3 is 2.54 bits per heavy atom. The molecule has 0 unspecified atom stereocenters. The predicted octanol–water partition coefficient (Wildman–Crippen LogP) is 1.95. The van der Waals surface area contributed by atoms with Gasteiger partial charge in [-0.2, -0.15) is 0 Å². The minimum atomic E-state index is -0.629. The Morgan fingerprint density at radius 2 is 1.89 bits per heavy atom. The van der Waals surface area contributed by atoms with Crippen molar-refractivity contribution in [3.05, 3.63) is 35.9 Å². The Labute approximate surface area is 167 Å². The van der Waals surface area contributed by atoms with Gasteiger partial charge in [0.2, 0.25) is 5.91 Å². The zero-order valence-corrected chi connectivity index (χ0v) is 17.0. The third kappa shape index (κ3) is 7.86. The summed E-state index contributed by atoms with van der Waals surface area (Å²) in [4.78, 5) is 23.9. The van der Waals surface area contributed by atoms with Crippen molar-refractivity contribution in [3.63, 3.8) is 0 Å². The van der Waals surface area contributed by atoms with Crippen molar-refractivity contribution in [3.8, 4) is 0 Å². The predicted molar refractivity (Wildman–Crippen MR) is 108 cm³/mol. The molecule has 0 aromatic heterocycles. The molecule has 7 nitrogen and oxygen atoms in total. The maximum atomic E-state index is 12.2. The number of benzene rings is 1. The molecule has 1 aliphatic carbocycles. The quantitative estimate of drug-likeness (QED) is 0.569. The third-order valence-electron chi connectivity index (χ3n) is 4.81. The molecule has 0 saturated heterocycles. The first-order valence-electron chi connectivity index (χ1n) is 9.89. The highest BCUT2D eigenvalue weighted by atomic mass is 16.5. The van der Waals surface area contributed by atoms with Crippen LogP contribution in [0.2, 0.25) is 0 Å². The van der Waals surface area contributed by atoms with E-state index >= 15 is 0 Å². The van der Waals surface area contributed by atoms with Crippen molar-refractivity contribution in [1.29, 1.82) is 0 Å². The molecule has 4 N–H and O–H groups in total. The number of rotatable bonds is 7. The molecule has 2 amide bonds. The zero-order valence-electron chi connectivity index (χ0n) is 17.0. The summed E-state index contributed by atoms with van der Waals surface area (Å²) in [5.41, 5.74) is 0.902. The van der Waals surface area contributed by atoms with Gasteiger partial charge in [-0.25, -0.2) is 4.79 Å². The second-order valence-corrected chi connectivity index (χ2v) is 8.44. The smallest absolute Gasteiger partial charge is 0.407 e. The van der Waals surface area contributed by atoms with E-state index in [-0.39, 0.29) is 43.2 Å². The van der Waals surface area contributed by atoms with Crippen LogP contribution in [0.5, 0.6) is 0 Å². The molecule has 7 heteroatoms. The van der Waals surface area contributed by atoms with Gasteiger partial charge in [-0.3, -0.25) is 4.79 Å². The Kier molecular flexibility index (Phi) is 8.26. The molecule has 1 saturated carbocycles. The highest BCUT2D eigenvalue weighted by Gasteiger charge is 2.32. The molecule has 0 aliphatic heterocycles. The SMILES string of the molecule is CC(C)(C)N[C@@H]1CC[C@H](NC(=O)CNC(=O)OCc2ccccc2)[C@@H](CO)C1. The molecule has 1 fully saturated rings. The van der Waals surface area contributed by atoms with E-state index in [4.69, 9.17) is 4.74 Å². The summed E-state index contributed by atoms with van der Waals surface area (Å²) in [6.07, 6.45) is 1.91. The molecule has 1 aromatic rings. The van der Waals surface area contributed by atoms with Gasteiger partial charge in [0, 0.05) is 30.1 Å². The Morgan fingerprint density at radius 1 is 1.18 bits per heavy atom. The first kappa shape index (κ1) is 22.2. The number of hydrogen-bond acceptors (Lipinski definition) is 5. The maximum Gasteiger partial charge on any atom is 0.407 e. The molecule has 2 rings (SSSR count). The molecule has 28 heavy (non-hydrogen) atoms. The summed E-state index contributed by atoms with van der Waals surface area (Å²) < 4.78 is 5.09. The van der Waals surface area contributed by atoms with Crippen LogP contribution in [0.25, 0.3) is 0 Å². The summed E-state index contributed by atoms with van der Waals surface area (Å²) in [5.74, 6) is -0.273. The third-order valence-corrected chi connectivity index (χ3v) is 4.81. The Bertz CT molecular complexity index is 630. The first-order chi connectivity index (χ1) is 13.3. The second kappa shape index (κ2) is 10.4. The van der Waals surface area contributed by atoms with Crippen LogP contribution in [0.1, 0.15) is 45.6 Å². The molecule has 0 bridgehead atoms. The average molecular weight is 392 g/mol. The van der Waals surface area contributed by atoms with Crippen LogP contribution in [0.3, 0.4) is 0 Å². The van der Waals surface area contributed by atoms with Gasteiger partial charge in [0.05, 0.1) is 0 Å². The molecule has 156 valence electrons. The number of carbonyl (C=O) groups is 2. The number of aliphatic hydroxyl groups is 1. The van der Waals surface area contributed by atoms with Gasteiger partial charge in [0.25, 0.3) is 0 Å². The lowest BCUT2D eigenvalue weighted by Gasteiger charge is -2.39. The Hall–Kier alpha value is -2.12. The van der Waals surface area contributed by atoms with Gasteiger partial charge in [0.1, 0.15) is 13.2 Å². The van der Waals surface area contributed by atoms with E-state index in [1.165, 1.54) is 0 Å². The molecule has 0 heterocycles. The van der Waals surface area contributed by atoms with Crippen molar-refractivity contribution in [2.24, 2.45) is 5.92 Å². The van der Waals surface area contributed by atoms with Crippen LogP contribution in [0.15, 0.2) is 30.3 Å². The van der Waals surface area contributed by atoms with Crippen molar-refractivity contribution >= 4 is 12.0 Å². The Balaban J connectivity index is 1.71. The fourth-order valence-corrected chi connectivity index (χ4v) is 3.58. The minimum absolute atomic E-state index is 0.00239. The van der Waals surface area contributed by atoms with E-state index in [2.05, 4.69) is 36.7 Å². The van der Waals surface area contributed by atoms with E-state index in [1.54, 1.807) is 0 Å². The van der Waals surface area contributed by atoms with E-state index in [0.29, 0.717) is 6.04 Å². The molecule has 0 spiro atoms. The number of ether oxygens (including phenoxy) is 1. The van der Waals surface area contributed by atoms with E-state index in [9.17, 15) is 14.7 Å². The van der Waals surface area contributed by atoms with Crippen molar-refractivity contribution < 1.29 is 19.4 Å². The monoisotopic (exact) mass is 391 g/mol. The number of nitrogens with one attached hydrogen (secondary N) is 3. The van der Waals surface area contributed by atoms with Gasteiger partial charge < -0.3 is 25.8 Å². The molecular weight excluding hydrogens is 358 g/mol. The lowest BCUT2D eigenvalue weighted by molar-refractivity contribution is -0.121. The maximum absolute atomic E-state index is 12.2. The van der Waals surface area contributed by atoms with Gasteiger partial charge in [-0.15, -0.1) is 0 Å². The standard InChI is InChI=1S/C21H33N3O4/c1-21(2,3)24-17-9-10-18(16(11-17)13-25)23-19(26)12-22-20(27)28-14-15-7-5-4-6-8-15/h4-8,16-18,24-25H,9-14H2,1-3H3,(H,22,27)(H,23,26)/t16-,17-,18+/m1/s1. The topological polar surface area (TPSA) is 99.7 Å². The van der Waals surface area contributed by atoms with Crippen LogP contribution in [-0.2, 0) is 16.1 Å². The van der Waals surface area contributed by atoms with Crippen LogP contribution < -0.4 is 16.0 Å². The van der Waals surface area contributed by atoms with E-state index in [1.807, 2.05) is 30.3 Å². The van der Waals surface area contributed by atoms with Gasteiger partial charge in [-0.05, 0) is 45.6 Å². The fraction of sp³-hybridized carbons (Fsp3) is 0.619. The number of aliphatic hydroxyl groups excluding tert-OH is 1. The van der Waals surface area contributed by atoms with Crippen LogP contribution in [0.4, 0.5) is 4.79 Å². The molecule has 1 aromatic carbocycles. The van der Waals surface area contributed by atoms with E-state index in [0.717, 1.165) is 24.8 Å². The summed E-state index contributed by atoms with van der Waals surface area (Å²) in [6.45, 7) is 6.41. The molecule has 0 radical (unpaired) electrons. The first-order valence-corrected chi connectivity index (χ1v) is 9.89. The summed E-state index contributed by atoms with van der Waals surface area (Å²) in [5, 5.41) is 18.7. The zero-order chi connectivity index (χ0) is 20.6. The lowest BCUT2D eigenvalue weighted by atomic mass is 9.81. The second-order valence-electron chi connectivity index (χ2n) is 8.44. The number of hydrogen-bond donors (Lipinski definition) is 4. The highest BCUT2D eigenvalue weighted by Crippen LogP contribution is 2.26. The average Bonchev–Trinajstić information content (AvgIpc) is 2.65. The molecule has 3 atom stereocenters. The molecule has 1 aliphatic rings. The minimum Gasteiger partial charge on any atom is -0.445 e. The van der Waals surface area contributed by atoms with E-state index < -0.39 is 6.09 Å². The lowest BCUT2D eigenvalue weighted by Crippen LogP contribution is -2.53. The number of alkyl carbamates (subject to hydrolysis) is 1. The fourth-order valence-electron chi connectivity index (χ4n) is 3.58. The molecular formula is C21H33N3O4. The number of carbonyl (C=O) groups excluding carboxylic acids is 2. The summed E-state index contributed by atoms with van der Waals surface area (Å²) in [6, 6.07) is 9.59. The normalized spacial score (nSPS) is 22.4. The van der Waals surface area contributed by atoms with Crippen LogP contribution >= 0.6 is 0 Å². The largest absolute Gasteiger partial charge is 0.445 e. The van der Waals surface area contributed by atoms with Crippen LogP contribution in [0, 0.1) is 5.92 Å². The van der Waals surface area contributed by atoms with Gasteiger partial charge in [0.15, 0.2) is 0 Å². The highest BCUT2D eigenvalue weighted by molar-refractivity contribution is 5.82. The van der Waals surface area contributed by atoms with Gasteiger partial charge in [-0.1, -0.05) is 30.3 Å². The van der Waals surface area contributed by atoms with Crippen molar-refractivity contribution in [2.75, 3.05) is 13.2 Å². The van der Waals surface area contributed by atoms with Gasteiger partial charge >= 0.3 is 6.09 Å². The van der Waals surface area contributed by atoms with Crippen molar-refractivity contribution in [1.82, 2.24) is 16.0 Å². The van der Waals surface area contributed by atoms with Crippen molar-refractivity contribution in [2.45, 2.75) is 64.3 Å². The van der Waals surface area contributed by atoms with Crippen LogP contribution in [-0.4, -0.2) is 47.9 Å². The summed E-state index contributed by atoms with van der Waals surface area (Å²) in [7, 11) is 0. The summed E-state index contributed by atoms with van der Waals surface area (Å²) >= 11 is 0.